The molecule has 0 saturated carbocycles. The number of anilines is 2. The third-order valence-electron chi connectivity index (χ3n) is 3.90. The highest BCUT2D eigenvalue weighted by molar-refractivity contribution is 6.05. The molecule has 0 saturated heterocycles. The van der Waals surface area contributed by atoms with E-state index in [2.05, 4.69) is 9.97 Å². The number of pyridine rings is 1. The fourth-order valence-electron chi connectivity index (χ4n) is 2.53. The maximum Gasteiger partial charge on any atom is 0.330 e. The van der Waals surface area contributed by atoms with Gasteiger partial charge in [-0.3, -0.25) is 24.1 Å². The first kappa shape index (κ1) is 19.2. The lowest BCUT2D eigenvalue weighted by Crippen LogP contribution is -2.40. The molecule has 2 aromatic rings. The second kappa shape index (κ2) is 8.80. The number of H-pyrrole nitrogens is 1. The second-order valence-corrected chi connectivity index (χ2v) is 5.70. The summed E-state index contributed by atoms with van der Waals surface area (Å²) in [4.78, 5) is 44.4. The molecule has 1 amide bonds. The van der Waals surface area contributed by atoms with E-state index in [1.807, 2.05) is 6.92 Å². The van der Waals surface area contributed by atoms with Crippen molar-refractivity contribution in [1.29, 1.82) is 0 Å². The highest BCUT2D eigenvalue weighted by atomic mass is 16.2. The number of carbonyl (C=O) groups excluding carboxylic acids is 1. The number of nitrogens with one attached hydrogen (secondary N) is 1. The number of hydrogen-bond donors (Lipinski definition) is 2. The van der Waals surface area contributed by atoms with Crippen LogP contribution in [0, 0.1) is 0 Å². The van der Waals surface area contributed by atoms with E-state index < -0.39 is 17.2 Å². The number of hydrogen-bond acceptors (Lipinski definition) is 5. The molecule has 138 valence electrons. The van der Waals surface area contributed by atoms with Crippen molar-refractivity contribution in [2.45, 2.75) is 33.2 Å². The maximum atomic E-state index is 12.6. The van der Waals surface area contributed by atoms with Crippen molar-refractivity contribution < 1.29 is 4.79 Å². The van der Waals surface area contributed by atoms with Crippen LogP contribution in [0.5, 0.6) is 0 Å². The molecule has 0 spiro atoms. The van der Waals surface area contributed by atoms with Crippen molar-refractivity contribution in [1.82, 2.24) is 14.5 Å². The molecule has 2 aromatic heterocycles. The van der Waals surface area contributed by atoms with Gasteiger partial charge in [0.05, 0.1) is 0 Å². The molecule has 2 heterocycles. The van der Waals surface area contributed by atoms with Crippen LogP contribution in [-0.2, 0) is 11.3 Å². The van der Waals surface area contributed by atoms with Gasteiger partial charge >= 0.3 is 5.69 Å². The number of nitrogen functional groups attached to an aromatic ring is 1. The van der Waals surface area contributed by atoms with Crippen molar-refractivity contribution in [2.24, 2.45) is 0 Å². The van der Waals surface area contributed by atoms with Crippen LogP contribution in [-0.4, -0.2) is 27.0 Å². The average Bonchev–Trinajstić information content (AvgIpc) is 2.63. The quantitative estimate of drug-likeness (QED) is 0.727. The van der Waals surface area contributed by atoms with E-state index in [9.17, 15) is 14.4 Å². The minimum absolute atomic E-state index is 0.00261. The molecule has 0 bridgehead atoms. The van der Waals surface area contributed by atoms with Crippen LogP contribution >= 0.6 is 0 Å². The Morgan fingerprint density at radius 2 is 2.15 bits per heavy atom. The molecule has 0 aliphatic carbocycles. The molecule has 8 nitrogen and oxygen atoms in total. The van der Waals surface area contributed by atoms with Crippen LogP contribution in [0.25, 0.3) is 6.08 Å². The molecule has 8 heteroatoms. The van der Waals surface area contributed by atoms with Gasteiger partial charge in [-0.1, -0.05) is 19.4 Å². The summed E-state index contributed by atoms with van der Waals surface area (Å²) in [5.41, 5.74) is 5.56. The summed E-state index contributed by atoms with van der Waals surface area (Å²) in [6.07, 6.45) is 7.81. The average molecular weight is 357 g/mol. The topological polar surface area (TPSA) is 114 Å². The summed E-state index contributed by atoms with van der Waals surface area (Å²) in [7, 11) is 0. The summed E-state index contributed by atoms with van der Waals surface area (Å²) < 4.78 is 1.29. The van der Waals surface area contributed by atoms with Crippen molar-refractivity contribution in [2.75, 3.05) is 17.2 Å². The molecule has 26 heavy (non-hydrogen) atoms. The van der Waals surface area contributed by atoms with Gasteiger partial charge in [0, 0.05) is 31.6 Å². The summed E-state index contributed by atoms with van der Waals surface area (Å²) >= 11 is 0. The van der Waals surface area contributed by atoms with Gasteiger partial charge in [0.25, 0.3) is 11.5 Å². The Kier molecular flexibility index (Phi) is 6.48. The largest absolute Gasteiger partial charge is 0.383 e. The lowest BCUT2D eigenvalue weighted by atomic mass is 10.2. The molecule has 0 unspecified atom stereocenters. The van der Waals surface area contributed by atoms with Crippen LogP contribution in [0.1, 0.15) is 32.3 Å². The van der Waals surface area contributed by atoms with Crippen LogP contribution in [0.15, 0.2) is 40.2 Å². The van der Waals surface area contributed by atoms with Gasteiger partial charge in [-0.25, -0.2) is 4.79 Å². The number of nitrogens with zero attached hydrogens (tertiary/aromatic N) is 3. The third kappa shape index (κ3) is 4.27. The van der Waals surface area contributed by atoms with Crippen molar-refractivity contribution >= 4 is 23.5 Å². The Balaban J connectivity index is 2.40. The summed E-state index contributed by atoms with van der Waals surface area (Å²) in [6, 6.07) is 3.56. The minimum atomic E-state index is -0.676. The fourth-order valence-corrected chi connectivity index (χ4v) is 2.53. The van der Waals surface area contributed by atoms with Crippen LogP contribution in [0.2, 0.25) is 0 Å². The summed E-state index contributed by atoms with van der Waals surface area (Å²) in [5, 5.41) is 0. The van der Waals surface area contributed by atoms with Gasteiger partial charge in [0.2, 0.25) is 0 Å². The first-order chi connectivity index (χ1) is 12.5. The van der Waals surface area contributed by atoms with Crippen LogP contribution < -0.4 is 21.9 Å². The number of amides is 1. The third-order valence-corrected chi connectivity index (χ3v) is 3.90. The van der Waals surface area contributed by atoms with E-state index in [0.717, 1.165) is 18.4 Å². The van der Waals surface area contributed by atoms with Crippen molar-refractivity contribution in [3.63, 3.8) is 0 Å². The van der Waals surface area contributed by atoms with Gasteiger partial charge in [0.15, 0.2) is 5.69 Å². The van der Waals surface area contributed by atoms with E-state index >= 15 is 0 Å². The molecular formula is C18H23N5O3. The SMILES string of the molecule is CCCCn1c(N)c(N(CC)C(=O)C=Cc2cccnc2)c(=O)[nH]c1=O. The zero-order valence-corrected chi connectivity index (χ0v) is 14.9. The van der Waals surface area contributed by atoms with Gasteiger partial charge in [-0.05, 0) is 31.1 Å². The Hall–Kier alpha value is -3.16. The maximum absolute atomic E-state index is 12.6. The minimum Gasteiger partial charge on any atom is -0.383 e. The van der Waals surface area contributed by atoms with Crippen molar-refractivity contribution in [3.8, 4) is 0 Å². The lowest BCUT2D eigenvalue weighted by Gasteiger charge is -2.21. The molecule has 0 aliphatic rings. The van der Waals surface area contributed by atoms with Crippen LogP contribution in [0.3, 0.4) is 0 Å². The summed E-state index contributed by atoms with van der Waals surface area (Å²) in [6.45, 7) is 4.33. The predicted octanol–water partition coefficient (Wildman–Crippen LogP) is 1.38. The molecule has 3 N–H and O–H groups in total. The number of aromatic nitrogens is 3. The van der Waals surface area contributed by atoms with E-state index in [4.69, 9.17) is 5.73 Å². The van der Waals surface area contributed by atoms with E-state index in [-0.39, 0.29) is 18.1 Å². The molecule has 2 rings (SSSR count). The molecule has 0 radical (unpaired) electrons. The van der Waals surface area contributed by atoms with E-state index in [1.165, 1.54) is 15.5 Å². The number of unbranched alkanes of at least 4 members (excludes halogenated alkanes) is 1. The van der Waals surface area contributed by atoms with Gasteiger partial charge in [-0.2, -0.15) is 0 Å². The first-order valence-corrected chi connectivity index (χ1v) is 8.51. The fraction of sp³-hybridized carbons (Fsp3) is 0.333. The van der Waals surface area contributed by atoms with Gasteiger partial charge < -0.3 is 10.6 Å². The Labute approximate surface area is 151 Å². The molecular weight excluding hydrogens is 334 g/mol. The number of nitrogens with two attached hydrogens (primary N) is 1. The zero-order valence-electron chi connectivity index (χ0n) is 14.9. The number of carbonyl (C=O) groups is 1. The Bertz CT molecular complexity index is 899. The van der Waals surface area contributed by atoms with E-state index in [0.29, 0.717) is 6.54 Å². The standard InChI is InChI=1S/C18H23N5O3/c1-3-5-11-23-16(19)15(17(25)21-18(23)26)22(4-2)14(24)9-8-13-7-6-10-20-12-13/h6-10,12H,3-5,11,19H2,1-2H3,(H,21,25,26). The van der Waals surface area contributed by atoms with Gasteiger partial charge in [-0.15, -0.1) is 0 Å². The van der Waals surface area contributed by atoms with Crippen molar-refractivity contribution in [3.05, 3.63) is 57.0 Å². The second-order valence-electron chi connectivity index (χ2n) is 5.70. The smallest absolute Gasteiger partial charge is 0.330 e. The lowest BCUT2D eigenvalue weighted by molar-refractivity contribution is -0.114. The predicted molar refractivity (Wildman–Crippen MR) is 102 cm³/mol. The molecule has 0 aliphatic heterocycles. The molecule has 0 aromatic carbocycles. The zero-order chi connectivity index (χ0) is 19.1. The van der Waals surface area contributed by atoms with Gasteiger partial charge in [0.1, 0.15) is 5.82 Å². The number of rotatable bonds is 7. The monoisotopic (exact) mass is 357 g/mol. The molecule has 0 atom stereocenters. The normalized spacial score (nSPS) is 11.0. The Morgan fingerprint density at radius 3 is 2.77 bits per heavy atom. The summed E-state index contributed by atoms with van der Waals surface area (Å²) in [5.74, 6) is -0.411. The van der Waals surface area contributed by atoms with E-state index in [1.54, 1.807) is 37.5 Å². The number of likely N-dealkylation sites (N-methyl/N-ethyl adjacent to an activating group) is 1. The highest BCUT2D eigenvalue weighted by Crippen LogP contribution is 2.17. The Morgan fingerprint density at radius 1 is 1.38 bits per heavy atom. The number of aromatic amines is 1. The first-order valence-electron chi connectivity index (χ1n) is 8.51. The van der Waals surface area contributed by atoms with Crippen LogP contribution in [0.4, 0.5) is 11.5 Å². The highest BCUT2D eigenvalue weighted by Gasteiger charge is 2.21. The molecule has 0 fully saturated rings.